The molecular weight excluding hydrogens is 533 g/mol. The summed E-state index contributed by atoms with van der Waals surface area (Å²) in [5, 5.41) is 5.73. The number of amides is 1. The molecule has 218 valence electrons. The summed E-state index contributed by atoms with van der Waals surface area (Å²) >= 11 is 0. The molecule has 1 amide bonds. The van der Waals surface area contributed by atoms with Crippen molar-refractivity contribution in [1.29, 1.82) is 0 Å². The van der Waals surface area contributed by atoms with Gasteiger partial charge in [0.1, 0.15) is 0 Å². The van der Waals surface area contributed by atoms with Crippen LogP contribution < -0.4 is 21.1 Å². The van der Waals surface area contributed by atoms with Crippen molar-refractivity contribution in [2.75, 3.05) is 48.8 Å². The van der Waals surface area contributed by atoms with Gasteiger partial charge in [0.25, 0.3) is 11.5 Å². The summed E-state index contributed by atoms with van der Waals surface area (Å²) in [5.74, 6) is -1.06. The van der Waals surface area contributed by atoms with E-state index in [2.05, 4.69) is 37.4 Å². The summed E-state index contributed by atoms with van der Waals surface area (Å²) < 4.78 is 17.1. The van der Waals surface area contributed by atoms with Crippen LogP contribution in [0.15, 0.2) is 71.8 Å². The van der Waals surface area contributed by atoms with Gasteiger partial charge in [0.15, 0.2) is 11.6 Å². The van der Waals surface area contributed by atoms with Gasteiger partial charge >= 0.3 is 0 Å². The van der Waals surface area contributed by atoms with Crippen LogP contribution in [0.1, 0.15) is 36.8 Å². The topological polar surface area (TPSA) is 95.4 Å². The second kappa shape index (κ2) is 11.7. The smallest absolute Gasteiger partial charge is 0.293 e. The number of nitrogens with zero attached hydrogens (tertiary/aromatic N) is 5. The van der Waals surface area contributed by atoms with E-state index in [1.807, 2.05) is 45.0 Å². The third-order valence-electron chi connectivity index (χ3n) is 7.39. The Hall–Kier alpha value is -4.57. The number of hydrogen-bond acceptors (Lipinski definition) is 7. The Morgan fingerprint density at radius 1 is 0.952 bits per heavy atom. The molecule has 1 aliphatic rings. The normalized spacial score (nSPS) is 14.1. The van der Waals surface area contributed by atoms with Gasteiger partial charge in [0.2, 0.25) is 0 Å². The number of aryl methyl sites for hydroxylation is 1. The number of anilines is 4. The highest BCUT2D eigenvalue weighted by Gasteiger charge is 2.19. The molecule has 2 aromatic heterocycles. The molecular formula is C32H36FN7O2. The van der Waals surface area contributed by atoms with E-state index in [-0.39, 0.29) is 33.7 Å². The van der Waals surface area contributed by atoms with Crippen LogP contribution in [0.3, 0.4) is 0 Å². The van der Waals surface area contributed by atoms with Crippen LogP contribution in [-0.2, 0) is 12.5 Å². The SMILES string of the molecule is CN1CCN(c2ccc(Nc3nc(-c4cccc(NC(=O)c5ccc(C(C)(C)C)nc5)c4F)cn(C)c3=O)cc2)CC1. The van der Waals surface area contributed by atoms with Gasteiger partial charge < -0.3 is 25.0 Å². The maximum absolute atomic E-state index is 15.7. The van der Waals surface area contributed by atoms with E-state index in [1.165, 1.54) is 23.0 Å². The molecule has 2 N–H and O–H groups in total. The summed E-state index contributed by atoms with van der Waals surface area (Å²) in [6, 6.07) is 16.0. The fraction of sp³-hybridized carbons (Fsp3) is 0.312. The van der Waals surface area contributed by atoms with E-state index < -0.39 is 11.7 Å². The molecule has 0 bridgehead atoms. The number of nitrogens with one attached hydrogen (secondary N) is 2. The van der Waals surface area contributed by atoms with Crippen molar-refractivity contribution in [1.82, 2.24) is 19.4 Å². The van der Waals surface area contributed by atoms with Crippen LogP contribution in [-0.4, -0.2) is 58.6 Å². The lowest BCUT2D eigenvalue weighted by molar-refractivity contribution is 0.102. The van der Waals surface area contributed by atoms with E-state index in [4.69, 9.17) is 0 Å². The van der Waals surface area contributed by atoms with E-state index >= 15 is 4.39 Å². The number of hydrogen-bond donors (Lipinski definition) is 2. The van der Waals surface area contributed by atoms with Crippen molar-refractivity contribution >= 4 is 28.8 Å². The Balaban J connectivity index is 1.36. The molecule has 2 aromatic carbocycles. The molecule has 9 nitrogen and oxygen atoms in total. The zero-order chi connectivity index (χ0) is 30.0. The van der Waals surface area contributed by atoms with Crippen molar-refractivity contribution in [2.24, 2.45) is 7.05 Å². The van der Waals surface area contributed by atoms with Gasteiger partial charge in [-0.25, -0.2) is 9.37 Å². The third kappa shape index (κ3) is 6.33. The average molecular weight is 570 g/mol. The molecule has 10 heteroatoms. The van der Waals surface area contributed by atoms with Crippen LogP contribution in [0.2, 0.25) is 0 Å². The maximum Gasteiger partial charge on any atom is 0.293 e. The highest BCUT2D eigenvalue weighted by molar-refractivity contribution is 6.04. The first kappa shape index (κ1) is 28.9. The molecule has 0 unspecified atom stereocenters. The number of benzene rings is 2. The van der Waals surface area contributed by atoms with Gasteiger partial charge in [-0.2, -0.15) is 0 Å². The molecule has 5 rings (SSSR count). The van der Waals surface area contributed by atoms with Crippen molar-refractivity contribution in [2.45, 2.75) is 26.2 Å². The summed E-state index contributed by atoms with van der Waals surface area (Å²) in [7, 11) is 3.71. The van der Waals surface area contributed by atoms with Gasteiger partial charge in [-0.1, -0.05) is 26.8 Å². The van der Waals surface area contributed by atoms with Crippen molar-refractivity contribution < 1.29 is 9.18 Å². The molecule has 4 aromatic rings. The second-order valence-electron chi connectivity index (χ2n) is 11.7. The number of aromatic nitrogens is 3. The highest BCUT2D eigenvalue weighted by Crippen LogP contribution is 2.28. The fourth-order valence-electron chi connectivity index (χ4n) is 4.77. The van der Waals surface area contributed by atoms with Gasteiger partial charge in [-0.15, -0.1) is 0 Å². The van der Waals surface area contributed by atoms with Crippen molar-refractivity contribution in [3.63, 3.8) is 0 Å². The lowest BCUT2D eigenvalue weighted by Gasteiger charge is -2.34. The standard InChI is InChI=1S/C32H36FN7O2/c1-32(2,3)27-14-9-21(19-34-27)30(41)37-25-8-6-7-24(28(25)33)26-20-39(5)31(42)29(36-26)35-22-10-12-23(13-11-22)40-17-15-38(4)16-18-40/h6-14,19-20H,15-18H2,1-5H3,(H,35,36)(H,37,41). The minimum Gasteiger partial charge on any atom is -0.369 e. The van der Waals surface area contributed by atoms with E-state index in [1.54, 1.807) is 31.3 Å². The first-order valence-electron chi connectivity index (χ1n) is 13.9. The Labute approximate surface area is 245 Å². The number of halogens is 1. The van der Waals surface area contributed by atoms with Crippen molar-refractivity contribution in [3.8, 4) is 11.3 Å². The minimum absolute atomic E-state index is 0.00190. The second-order valence-corrected chi connectivity index (χ2v) is 11.7. The monoisotopic (exact) mass is 569 g/mol. The van der Waals surface area contributed by atoms with Gasteiger partial charge in [0, 0.05) is 73.7 Å². The molecule has 1 fully saturated rings. The van der Waals surface area contributed by atoms with Crippen LogP contribution >= 0.6 is 0 Å². The Morgan fingerprint density at radius 3 is 2.31 bits per heavy atom. The van der Waals surface area contributed by atoms with E-state index in [0.29, 0.717) is 11.3 Å². The van der Waals surface area contributed by atoms with Crippen LogP contribution in [0.5, 0.6) is 0 Å². The third-order valence-corrected chi connectivity index (χ3v) is 7.39. The van der Waals surface area contributed by atoms with Crippen LogP contribution in [0.4, 0.5) is 27.3 Å². The molecule has 0 aliphatic carbocycles. The van der Waals surface area contributed by atoms with Gasteiger partial charge in [0.05, 0.1) is 16.9 Å². The molecule has 1 saturated heterocycles. The van der Waals surface area contributed by atoms with Gasteiger partial charge in [-0.3, -0.25) is 14.6 Å². The van der Waals surface area contributed by atoms with Crippen molar-refractivity contribution in [3.05, 3.63) is 94.4 Å². The van der Waals surface area contributed by atoms with E-state index in [9.17, 15) is 9.59 Å². The first-order valence-corrected chi connectivity index (χ1v) is 13.9. The number of rotatable bonds is 6. The lowest BCUT2D eigenvalue weighted by Crippen LogP contribution is -2.44. The molecule has 0 spiro atoms. The Morgan fingerprint density at radius 2 is 1.67 bits per heavy atom. The molecule has 0 radical (unpaired) electrons. The summed E-state index contributed by atoms with van der Waals surface area (Å²) in [4.78, 5) is 39.3. The number of pyridine rings is 1. The molecule has 0 saturated carbocycles. The number of likely N-dealkylation sites (N-methyl/N-ethyl adjacent to an activating group) is 1. The summed E-state index contributed by atoms with van der Waals surface area (Å²) in [6.45, 7) is 10.0. The van der Waals surface area contributed by atoms with E-state index in [0.717, 1.165) is 37.6 Å². The van der Waals surface area contributed by atoms with Crippen LogP contribution in [0, 0.1) is 5.82 Å². The molecule has 0 atom stereocenters. The quantitative estimate of drug-likeness (QED) is 0.337. The predicted molar refractivity (Wildman–Crippen MR) is 165 cm³/mol. The molecule has 3 heterocycles. The minimum atomic E-state index is -0.654. The van der Waals surface area contributed by atoms with Crippen LogP contribution in [0.25, 0.3) is 11.3 Å². The largest absolute Gasteiger partial charge is 0.369 e. The average Bonchev–Trinajstić information content (AvgIpc) is 2.97. The lowest BCUT2D eigenvalue weighted by atomic mass is 9.91. The predicted octanol–water partition coefficient (Wildman–Crippen LogP) is 5.03. The zero-order valence-electron chi connectivity index (χ0n) is 24.6. The first-order chi connectivity index (χ1) is 20.0. The summed E-state index contributed by atoms with van der Waals surface area (Å²) in [6.07, 6.45) is 2.96. The maximum atomic E-state index is 15.7. The Kier molecular flexibility index (Phi) is 8.08. The number of carbonyl (C=O) groups excluding carboxylic acids is 1. The van der Waals surface area contributed by atoms with Gasteiger partial charge in [-0.05, 0) is 55.6 Å². The molecule has 1 aliphatic heterocycles. The number of carbonyl (C=O) groups is 1. The Bertz CT molecular complexity index is 1640. The molecule has 42 heavy (non-hydrogen) atoms. The number of piperazine rings is 1. The fourth-order valence-corrected chi connectivity index (χ4v) is 4.77. The summed E-state index contributed by atoms with van der Waals surface area (Å²) in [5.41, 5.74) is 2.88. The highest BCUT2D eigenvalue weighted by atomic mass is 19.1. The zero-order valence-corrected chi connectivity index (χ0v) is 24.6.